The summed E-state index contributed by atoms with van der Waals surface area (Å²) in [5.74, 6) is 7.67. The molecule has 6 aromatic rings. The first-order valence-corrected chi connectivity index (χ1v) is 21.9. The SMILES string of the molecule is CC(C)c1cc(C(C)C)c(-c2cc3c4c5c(ncc4n4c6cnc7c(c6c(c2)c34)C2CC3CC4CC7CC43C2)C2CC3CC(C2)CC5C3)c(C(C)C)c1. The van der Waals surface area contributed by atoms with Crippen LogP contribution in [0.25, 0.3) is 49.2 Å². The van der Waals surface area contributed by atoms with Crippen molar-refractivity contribution in [3.63, 3.8) is 0 Å². The predicted octanol–water partition coefficient (Wildman–Crippen LogP) is 13.4. The number of aromatic nitrogens is 3. The van der Waals surface area contributed by atoms with E-state index in [4.69, 9.17) is 9.97 Å². The predicted molar refractivity (Wildman–Crippen MR) is 218 cm³/mol. The third kappa shape index (κ3) is 3.70. The summed E-state index contributed by atoms with van der Waals surface area (Å²) in [5, 5.41) is 6.09. The van der Waals surface area contributed by atoms with Crippen molar-refractivity contribution in [1.82, 2.24) is 14.4 Å². The van der Waals surface area contributed by atoms with Crippen molar-refractivity contribution in [3.05, 3.63) is 75.9 Å². The molecule has 0 N–H and O–H groups in total. The van der Waals surface area contributed by atoms with Gasteiger partial charge in [-0.15, -0.1) is 0 Å². The van der Waals surface area contributed by atoms with Crippen LogP contribution in [0.4, 0.5) is 0 Å². The van der Waals surface area contributed by atoms with Gasteiger partial charge in [-0.25, -0.2) is 0 Å². The minimum Gasteiger partial charge on any atom is -0.305 e. The first-order valence-electron chi connectivity index (χ1n) is 21.9. The second kappa shape index (κ2) is 10.0. The molecular weight excluding hydrogens is 643 g/mol. The summed E-state index contributed by atoms with van der Waals surface area (Å²) >= 11 is 0. The second-order valence-corrected chi connectivity index (χ2v) is 20.9. The summed E-state index contributed by atoms with van der Waals surface area (Å²) in [6.07, 6.45) is 18.6. The lowest BCUT2D eigenvalue weighted by Gasteiger charge is -2.48. The molecule has 3 heteroatoms. The maximum atomic E-state index is 5.57. The zero-order chi connectivity index (χ0) is 35.4. The highest BCUT2D eigenvalue weighted by Crippen LogP contribution is 2.76. The van der Waals surface area contributed by atoms with Gasteiger partial charge in [0.05, 0.1) is 28.9 Å². The van der Waals surface area contributed by atoms with E-state index in [2.05, 4.69) is 82.6 Å². The number of pyridine rings is 2. The van der Waals surface area contributed by atoms with E-state index in [0.29, 0.717) is 46.8 Å². The van der Waals surface area contributed by atoms with Crippen molar-refractivity contribution in [3.8, 4) is 11.1 Å². The molecule has 2 aromatic carbocycles. The molecule has 4 aromatic heterocycles. The lowest BCUT2D eigenvalue weighted by Crippen LogP contribution is -2.41. The van der Waals surface area contributed by atoms with Crippen LogP contribution in [0.1, 0.15) is 186 Å². The Morgan fingerprint density at radius 2 is 1.13 bits per heavy atom. The Morgan fingerprint density at radius 3 is 1.74 bits per heavy atom. The van der Waals surface area contributed by atoms with Crippen molar-refractivity contribution in [2.75, 3.05) is 0 Å². The Bertz CT molecular complexity index is 2540. The normalized spacial score (nSPS) is 33.3. The van der Waals surface area contributed by atoms with Crippen molar-refractivity contribution in [2.24, 2.45) is 29.1 Å². The Hall–Kier alpha value is -3.46. The molecule has 53 heavy (non-hydrogen) atoms. The van der Waals surface area contributed by atoms with Crippen LogP contribution in [0.2, 0.25) is 0 Å². The second-order valence-electron chi connectivity index (χ2n) is 20.9. The number of benzene rings is 2. The number of fused-ring (bicyclic) bond motifs is 12. The summed E-state index contributed by atoms with van der Waals surface area (Å²) in [7, 11) is 0. The quantitative estimate of drug-likeness (QED) is 0.184. The monoisotopic (exact) mass is 697 g/mol. The summed E-state index contributed by atoms with van der Waals surface area (Å²) in [6.45, 7) is 14.4. The van der Waals surface area contributed by atoms with Crippen LogP contribution >= 0.6 is 0 Å². The largest absolute Gasteiger partial charge is 0.305 e. The first kappa shape index (κ1) is 30.8. The van der Waals surface area contributed by atoms with Gasteiger partial charge in [0, 0.05) is 44.8 Å². The Kier molecular flexibility index (Phi) is 5.84. The highest BCUT2D eigenvalue weighted by molar-refractivity contribution is 6.26. The van der Waals surface area contributed by atoms with Gasteiger partial charge in [-0.1, -0.05) is 53.7 Å². The molecular formula is C50H55N3. The summed E-state index contributed by atoms with van der Waals surface area (Å²) in [6, 6.07) is 10.5. The molecule has 8 aliphatic rings. The Morgan fingerprint density at radius 1 is 0.585 bits per heavy atom. The van der Waals surface area contributed by atoms with Gasteiger partial charge in [0.25, 0.3) is 0 Å². The molecule has 7 atom stereocenters. The van der Waals surface area contributed by atoms with E-state index >= 15 is 0 Å². The van der Waals surface area contributed by atoms with Crippen molar-refractivity contribution in [2.45, 2.75) is 147 Å². The minimum absolute atomic E-state index is 0.447. The first-order chi connectivity index (χ1) is 25.7. The molecule has 7 bridgehead atoms. The van der Waals surface area contributed by atoms with Crippen molar-refractivity contribution in [1.29, 1.82) is 0 Å². The third-order valence-electron chi connectivity index (χ3n) is 17.3. The van der Waals surface area contributed by atoms with Gasteiger partial charge in [-0.3, -0.25) is 9.97 Å². The standard InChI is InChI=1S/C50H55N3/c1-23(2)28-14-36(24(3)4)42(37(15-28)25(5)6)30-16-38-45-40(21-51-47-31-10-26-7-27(11-31)9-29(8-26)43(45)47)53-41-22-52-48-33-13-35-18-34-12-32(19-50(34,35)20-33)44(48)46(41)39(17-30)49(38)53/h14-17,21-27,29,31-35H,7-13,18-20H2,1-6H3. The number of hydrogen-bond acceptors (Lipinski definition) is 2. The van der Waals surface area contributed by atoms with Gasteiger partial charge in [-0.05, 0) is 174 Å². The van der Waals surface area contributed by atoms with Crippen LogP contribution in [0, 0.1) is 29.1 Å². The fourth-order valence-corrected chi connectivity index (χ4v) is 15.4. The van der Waals surface area contributed by atoms with E-state index in [-0.39, 0.29) is 0 Å². The average molecular weight is 698 g/mol. The van der Waals surface area contributed by atoms with Crippen molar-refractivity contribution >= 4 is 38.1 Å². The molecule has 0 aliphatic heterocycles. The lowest BCUT2D eigenvalue weighted by atomic mass is 9.56. The molecule has 4 heterocycles. The topological polar surface area (TPSA) is 30.2 Å². The van der Waals surface area contributed by atoms with Crippen molar-refractivity contribution < 1.29 is 0 Å². The van der Waals surface area contributed by atoms with Gasteiger partial charge in [0.2, 0.25) is 0 Å². The van der Waals surface area contributed by atoms with Crippen LogP contribution in [-0.2, 0) is 0 Å². The zero-order valence-corrected chi connectivity index (χ0v) is 32.7. The minimum atomic E-state index is 0.447. The van der Waals surface area contributed by atoms with E-state index < -0.39 is 0 Å². The van der Waals surface area contributed by atoms with Crippen LogP contribution < -0.4 is 0 Å². The summed E-state index contributed by atoms with van der Waals surface area (Å²) < 4.78 is 2.68. The van der Waals surface area contributed by atoms with Gasteiger partial charge in [0.15, 0.2) is 0 Å². The number of hydrogen-bond donors (Lipinski definition) is 0. The molecule has 7 unspecified atom stereocenters. The number of rotatable bonds is 4. The lowest BCUT2D eigenvalue weighted by molar-refractivity contribution is 0.00321. The van der Waals surface area contributed by atoms with E-state index in [1.807, 2.05) is 0 Å². The maximum Gasteiger partial charge on any atom is 0.0728 e. The molecule has 8 aliphatic carbocycles. The fraction of sp³-hybridized carbons (Fsp3) is 0.560. The molecule has 5 fully saturated rings. The maximum absolute atomic E-state index is 5.57. The van der Waals surface area contributed by atoms with Crippen LogP contribution in [-0.4, -0.2) is 14.4 Å². The summed E-state index contributed by atoms with van der Waals surface area (Å²) in [4.78, 5) is 11.1. The average Bonchev–Trinajstić information content (AvgIpc) is 3.78. The van der Waals surface area contributed by atoms with Crippen LogP contribution in [0.5, 0.6) is 0 Å². The van der Waals surface area contributed by atoms with Crippen LogP contribution in [0.15, 0.2) is 36.7 Å². The van der Waals surface area contributed by atoms with Crippen LogP contribution in [0.3, 0.4) is 0 Å². The molecule has 0 amide bonds. The van der Waals surface area contributed by atoms with Gasteiger partial charge in [0.1, 0.15) is 0 Å². The van der Waals surface area contributed by atoms with E-state index in [9.17, 15) is 0 Å². The summed E-state index contributed by atoms with van der Waals surface area (Å²) in [5.41, 5.74) is 18.5. The smallest absolute Gasteiger partial charge is 0.0728 e. The van der Waals surface area contributed by atoms with Gasteiger partial charge in [-0.2, -0.15) is 0 Å². The highest BCUT2D eigenvalue weighted by atomic mass is 15.0. The number of nitrogens with zero attached hydrogens (tertiary/aromatic N) is 3. The Balaban J connectivity index is 1.19. The van der Waals surface area contributed by atoms with Gasteiger partial charge >= 0.3 is 0 Å². The molecule has 3 nitrogen and oxygen atoms in total. The third-order valence-corrected chi connectivity index (χ3v) is 17.3. The molecule has 1 spiro atoms. The fourth-order valence-electron chi connectivity index (χ4n) is 15.4. The Labute approximate surface area is 314 Å². The van der Waals surface area contributed by atoms with E-state index in [0.717, 1.165) is 23.7 Å². The molecule has 0 radical (unpaired) electrons. The van der Waals surface area contributed by atoms with E-state index in [1.165, 1.54) is 131 Å². The molecule has 14 rings (SSSR count). The highest BCUT2D eigenvalue weighted by Gasteiger charge is 2.66. The van der Waals surface area contributed by atoms with Gasteiger partial charge < -0.3 is 4.40 Å². The molecule has 5 saturated carbocycles. The van der Waals surface area contributed by atoms with E-state index in [1.54, 1.807) is 21.9 Å². The molecule has 270 valence electrons. The zero-order valence-electron chi connectivity index (χ0n) is 32.7. The molecule has 0 saturated heterocycles.